The molecule has 0 amide bonds. The highest BCUT2D eigenvalue weighted by molar-refractivity contribution is 5.97. The van der Waals surface area contributed by atoms with Gasteiger partial charge in [0.25, 0.3) is 0 Å². The molecule has 0 unspecified atom stereocenters. The Morgan fingerprint density at radius 3 is 2.26 bits per heavy atom. The summed E-state index contributed by atoms with van der Waals surface area (Å²) in [6.45, 7) is 11.6. The minimum Gasteiger partial charge on any atom is -0.0616 e. The van der Waals surface area contributed by atoms with E-state index in [2.05, 4.69) is 89.2 Å². The van der Waals surface area contributed by atoms with Crippen LogP contribution in [0.4, 0.5) is 0 Å². The zero-order valence-corrected chi connectivity index (χ0v) is 14.7. The van der Waals surface area contributed by atoms with Crippen LogP contribution in [0, 0.1) is 0 Å². The van der Waals surface area contributed by atoms with Crippen LogP contribution in [0.5, 0.6) is 0 Å². The van der Waals surface area contributed by atoms with Crippen molar-refractivity contribution in [3.63, 3.8) is 0 Å². The second-order valence-electron chi connectivity index (χ2n) is 8.34. The van der Waals surface area contributed by atoms with Crippen LogP contribution in [0.2, 0.25) is 0 Å². The van der Waals surface area contributed by atoms with E-state index in [9.17, 15) is 0 Å². The maximum Gasteiger partial charge on any atom is 0.0165 e. The van der Waals surface area contributed by atoms with Gasteiger partial charge >= 0.3 is 0 Å². The molecule has 0 heterocycles. The summed E-state index contributed by atoms with van der Waals surface area (Å²) in [4.78, 5) is 0. The number of fused-ring (bicyclic) bond motifs is 5. The Morgan fingerprint density at radius 2 is 1.52 bits per heavy atom. The maximum atomic E-state index is 2.41. The lowest BCUT2D eigenvalue weighted by atomic mass is 9.79. The highest BCUT2D eigenvalue weighted by Crippen LogP contribution is 2.51. The molecule has 0 radical (unpaired) electrons. The molecular weight excluding hydrogens is 276 g/mol. The molecule has 1 aliphatic rings. The van der Waals surface area contributed by atoms with E-state index >= 15 is 0 Å². The summed E-state index contributed by atoms with van der Waals surface area (Å²) in [5.74, 6) is 0. The Labute approximate surface area is 139 Å². The fraction of sp³-hybridized carbons (Fsp3) is 0.304. The minimum atomic E-state index is 0.0575. The van der Waals surface area contributed by atoms with E-state index in [1.807, 2.05) is 0 Å². The Hall–Kier alpha value is -2.08. The number of rotatable bonds is 0. The number of benzene rings is 3. The quantitative estimate of drug-likeness (QED) is 0.448. The van der Waals surface area contributed by atoms with Gasteiger partial charge in [-0.25, -0.2) is 0 Å². The van der Waals surface area contributed by atoms with Crippen LogP contribution in [-0.4, -0.2) is 0 Å². The molecule has 0 bridgehead atoms. The third-order valence-electron chi connectivity index (χ3n) is 5.40. The molecule has 0 saturated carbocycles. The van der Waals surface area contributed by atoms with E-state index in [4.69, 9.17) is 0 Å². The number of hydrogen-bond donors (Lipinski definition) is 0. The molecule has 3 aromatic carbocycles. The monoisotopic (exact) mass is 300 g/mol. The van der Waals surface area contributed by atoms with Crippen molar-refractivity contribution in [2.45, 2.75) is 45.4 Å². The van der Waals surface area contributed by atoms with E-state index < -0.39 is 0 Å². The smallest absolute Gasteiger partial charge is 0.0165 e. The van der Waals surface area contributed by atoms with E-state index in [0.717, 1.165) is 0 Å². The third-order valence-corrected chi connectivity index (χ3v) is 5.40. The SMILES string of the molecule is CC(C)(C)c1ccc2c(c1)-c1ccc3ccccc3c1C2(C)C. The Balaban J connectivity index is 2.08. The molecule has 3 aromatic rings. The highest BCUT2D eigenvalue weighted by Gasteiger charge is 2.37. The van der Waals surface area contributed by atoms with Gasteiger partial charge in [-0.05, 0) is 44.0 Å². The average Bonchev–Trinajstić information content (AvgIpc) is 2.74. The molecule has 1 aliphatic carbocycles. The first-order valence-electron chi connectivity index (χ1n) is 8.48. The van der Waals surface area contributed by atoms with E-state index in [0.29, 0.717) is 0 Å². The normalized spacial score (nSPS) is 15.5. The lowest BCUT2D eigenvalue weighted by Crippen LogP contribution is -2.16. The van der Waals surface area contributed by atoms with Crippen molar-refractivity contribution in [2.24, 2.45) is 0 Å². The first-order chi connectivity index (χ1) is 10.8. The molecule has 0 atom stereocenters. The van der Waals surface area contributed by atoms with Crippen LogP contribution in [-0.2, 0) is 10.8 Å². The van der Waals surface area contributed by atoms with Gasteiger partial charge in [0, 0.05) is 5.41 Å². The molecule has 0 nitrogen and oxygen atoms in total. The predicted octanol–water partition coefficient (Wildman–Crippen LogP) is 6.44. The standard InChI is InChI=1S/C23H24/c1-22(2,3)16-11-13-20-19(14-16)18-12-10-15-8-6-7-9-17(15)21(18)23(20,4)5/h6-14H,1-5H3. The fourth-order valence-electron chi connectivity index (χ4n) is 4.08. The highest BCUT2D eigenvalue weighted by atomic mass is 14.4. The molecule has 23 heavy (non-hydrogen) atoms. The molecule has 0 heteroatoms. The van der Waals surface area contributed by atoms with Crippen molar-refractivity contribution in [3.05, 3.63) is 71.3 Å². The molecule has 0 saturated heterocycles. The van der Waals surface area contributed by atoms with Crippen LogP contribution in [0.3, 0.4) is 0 Å². The molecule has 0 N–H and O–H groups in total. The second kappa shape index (κ2) is 4.47. The molecule has 0 spiro atoms. The zero-order chi connectivity index (χ0) is 16.4. The molecule has 116 valence electrons. The summed E-state index contributed by atoms with van der Waals surface area (Å²) in [6.07, 6.45) is 0. The van der Waals surface area contributed by atoms with Crippen molar-refractivity contribution < 1.29 is 0 Å². The van der Waals surface area contributed by atoms with E-state index in [-0.39, 0.29) is 10.8 Å². The van der Waals surface area contributed by atoms with Crippen LogP contribution in [0.1, 0.15) is 51.3 Å². The van der Waals surface area contributed by atoms with Crippen LogP contribution in [0.25, 0.3) is 21.9 Å². The Kier molecular flexibility index (Phi) is 2.82. The van der Waals surface area contributed by atoms with Gasteiger partial charge in [-0.1, -0.05) is 89.2 Å². The van der Waals surface area contributed by atoms with Gasteiger partial charge < -0.3 is 0 Å². The predicted molar refractivity (Wildman–Crippen MR) is 100 cm³/mol. The van der Waals surface area contributed by atoms with Gasteiger partial charge in [-0.15, -0.1) is 0 Å². The van der Waals surface area contributed by atoms with Gasteiger partial charge in [0.05, 0.1) is 0 Å². The lowest BCUT2D eigenvalue weighted by molar-refractivity contribution is 0.589. The van der Waals surface area contributed by atoms with E-state index in [1.165, 1.54) is 38.6 Å². The molecular formula is C23H24. The topological polar surface area (TPSA) is 0 Å². The van der Waals surface area contributed by atoms with Crippen LogP contribution < -0.4 is 0 Å². The summed E-state index contributed by atoms with van der Waals surface area (Å²) >= 11 is 0. The van der Waals surface area contributed by atoms with Gasteiger partial charge in [0.1, 0.15) is 0 Å². The van der Waals surface area contributed by atoms with Crippen LogP contribution >= 0.6 is 0 Å². The Bertz CT molecular complexity index is 920. The molecule has 0 aromatic heterocycles. The lowest BCUT2D eigenvalue weighted by Gasteiger charge is -2.24. The van der Waals surface area contributed by atoms with Gasteiger partial charge in [-0.3, -0.25) is 0 Å². The van der Waals surface area contributed by atoms with Crippen molar-refractivity contribution in [1.29, 1.82) is 0 Å². The third kappa shape index (κ3) is 1.97. The minimum absolute atomic E-state index is 0.0575. The molecule has 0 fully saturated rings. The molecule has 0 aliphatic heterocycles. The fourth-order valence-corrected chi connectivity index (χ4v) is 4.08. The summed E-state index contributed by atoms with van der Waals surface area (Å²) in [5, 5.41) is 2.73. The maximum absolute atomic E-state index is 2.41. The first-order valence-corrected chi connectivity index (χ1v) is 8.48. The van der Waals surface area contributed by atoms with Gasteiger partial charge in [0.2, 0.25) is 0 Å². The van der Waals surface area contributed by atoms with E-state index in [1.54, 1.807) is 0 Å². The Morgan fingerprint density at radius 1 is 0.783 bits per heavy atom. The first kappa shape index (κ1) is 14.5. The molecule has 4 rings (SSSR count). The second-order valence-corrected chi connectivity index (χ2v) is 8.34. The summed E-state index contributed by atoms with van der Waals surface area (Å²) in [6, 6.07) is 20.4. The van der Waals surface area contributed by atoms with Crippen molar-refractivity contribution in [1.82, 2.24) is 0 Å². The van der Waals surface area contributed by atoms with Crippen molar-refractivity contribution in [3.8, 4) is 11.1 Å². The van der Waals surface area contributed by atoms with Gasteiger partial charge in [0.15, 0.2) is 0 Å². The average molecular weight is 300 g/mol. The summed E-state index contributed by atoms with van der Waals surface area (Å²) < 4.78 is 0. The van der Waals surface area contributed by atoms with Gasteiger partial charge in [-0.2, -0.15) is 0 Å². The zero-order valence-electron chi connectivity index (χ0n) is 14.7. The summed E-state index contributed by atoms with van der Waals surface area (Å²) in [7, 11) is 0. The van der Waals surface area contributed by atoms with Crippen molar-refractivity contribution in [2.75, 3.05) is 0 Å². The summed E-state index contributed by atoms with van der Waals surface area (Å²) in [5.41, 5.74) is 7.42. The van der Waals surface area contributed by atoms with Crippen molar-refractivity contribution >= 4 is 10.8 Å². The van der Waals surface area contributed by atoms with Crippen LogP contribution in [0.15, 0.2) is 54.6 Å². The number of hydrogen-bond acceptors (Lipinski definition) is 0. The largest absolute Gasteiger partial charge is 0.0616 e.